The summed E-state index contributed by atoms with van der Waals surface area (Å²) in [5.41, 5.74) is 7.51. The molecule has 2 N–H and O–H groups in total. The van der Waals surface area contributed by atoms with Crippen molar-refractivity contribution in [3.8, 4) is 0 Å². The van der Waals surface area contributed by atoms with Gasteiger partial charge in [0.25, 0.3) is 4.74 Å². The van der Waals surface area contributed by atoms with Crippen molar-refractivity contribution >= 4 is 33.1 Å². The third-order valence-electron chi connectivity index (χ3n) is 2.59. The molecule has 3 aromatic rings. The molecule has 0 aliphatic carbocycles. The van der Waals surface area contributed by atoms with Crippen molar-refractivity contribution < 1.29 is 0 Å². The molecule has 0 spiro atoms. The first kappa shape index (κ1) is 11.7. The summed E-state index contributed by atoms with van der Waals surface area (Å²) in [4.78, 5) is 16.2. The molecule has 1 aromatic heterocycles. The highest BCUT2D eigenvalue weighted by Crippen LogP contribution is 2.15. The van der Waals surface area contributed by atoms with E-state index in [1.807, 2.05) is 54.6 Å². The molecule has 0 aliphatic rings. The minimum atomic E-state index is -0.0952. The molecule has 4 nitrogen and oxygen atoms in total. The Morgan fingerprint density at radius 1 is 0.895 bits per heavy atom. The second-order valence-corrected chi connectivity index (χ2v) is 4.95. The van der Waals surface area contributed by atoms with E-state index in [4.69, 9.17) is 0 Å². The molecule has 0 amide bonds. The molecule has 0 bridgehead atoms. The van der Waals surface area contributed by atoms with Crippen LogP contribution in [0, 0.1) is 0 Å². The van der Waals surface area contributed by atoms with Crippen molar-refractivity contribution in [3.63, 3.8) is 0 Å². The maximum atomic E-state index is 11.9. The lowest BCUT2D eigenvalue weighted by molar-refractivity contribution is 1.31. The second kappa shape index (κ2) is 5.07. The largest absolute Gasteiger partial charge is 0.300 e. The Bertz CT molecular complexity index is 755. The molecular weight excluding hydrogens is 258 g/mol. The summed E-state index contributed by atoms with van der Waals surface area (Å²) >= 11 is 1.18. The van der Waals surface area contributed by atoms with E-state index in [1.165, 1.54) is 11.3 Å². The zero-order chi connectivity index (χ0) is 13.1. The number of benzene rings is 2. The maximum Gasteiger partial charge on any atom is 0.277 e. The van der Waals surface area contributed by atoms with E-state index < -0.39 is 0 Å². The van der Waals surface area contributed by atoms with Crippen LogP contribution in [0.5, 0.6) is 0 Å². The van der Waals surface area contributed by atoms with Gasteiger partial charge in [-0.05, 0) is 24.3 Å². The van der Waals surface area contributed by atoms with Gasteiger partial charge >= 0.3 is 0 Å². The lowest BCUT2D eigenvalue weighted by Gasteiger charge is -2.08. The first-order chi connectivity index (χ1) is 9.33. The summed E-state index contributed by atoms with van der Waals surface area (Å²) < 4.78 is 0.792. The zero-order valence-corrected chi connectivity index (χ0v) is 10.8. The van der Waals surface area contributed by atoms with E-state index >= 15 is 0 Å². The number of hydrogen-bond donors (Lipinski definition) is 2. The van der Waals surface area contributed by atoms with Crippen LogP contribution in [-0.4, -0.2) is 4.98 Å². The minimum Gasteiger partial charge on any atom is -0.300 e. The van der Waals surface area contributed by atoms with Crippen LogP contribution < -0.4 is 15.6 Å². The molecule has 0 radical (unpaired) electrons. The maximum absolute atomic E-state index is 11.9. The first-order valence-electron chi connectivity index (χ1n) is 5.80. The molecule has 2 aromatic carbocycles. The van der Waals surface area contributed by atoms with Crippen LogP contribution in [0.3, 0.4) is 0 Å². The normalized spacial score (nSPS) is 10.3. The van der Waals surface area contributed by atoms with Crippen LogP contribution in [0.25, 0.3) is 10.2 Å². The number of nitrogens with one attached hydrogen (secondary N) is 2. The van der Waals surface area contributed by atoms with Crippen LogP contribution in [0.4, 0.5) is 11.5 Å². The van der Waals surface area contributed by atoms with Gasteiger partial charge in [-0.3, -0.25) is 15.6 Å². The number of hydrazine groups is 1. The van der Waals surface area contributed by atoms with Crippen molar-refractivity contribution in [3.05, 3.63) is 64.1 Å². The molecule has 5 heteroatoms. The number of hydrogen-bond acceptors (Lipinski definition) is 5. The van der Waals surface area contributed by atoms with Crippen LogP contribution in [0.2, 0.25) is 0 Å². The zero-order valence-electron chi connectivity index (χ0n) is 9.96. The summed E-state index contributed by atoms with van der Waals surface area (Å²) in [6.45, 7) is 0. The molecule has 0 fully saturated rings. The molecular formula is C14H11N3OS. The van der Waals surface area contributed by atoms with Gasteiger partial charge in [0.05, 0.1) is 15.9 Å². The van der Waals surface area contributed by atoms with Crippen molar-refractivity contribution in [1.29, 1.82) is 0 Å². The highest BCUT2D eigenvalue weighted by Gasteiger charge is 2.04. The number of para-hydroxylation sites is 2. The third-order valence-corrected chi connectivity index (χ3v) is 3.54. The predicted molar refractivity (Wildman–Crippen MR) is 79.6 cm³/mol. The highest BCUT2D eigenvalue weighted by molar-refractivity contribution is 7.16. The van der Waals surface area contributed by atoms with Gasteiger partial charge in [0.1, 0.15) is 0 Å². The Balaban J connectivity index is 1.89. The molecule has 1 heterocycles. The third kappa shape index (κ3) is 2.56. The van der Waals surface area contributed by atoms with Crippen LogP contribution in [-0.2, 0) is 0 Å². The predicted octanol–water partition coefficient (Wildman–Crippen LogP) is 3.10. The molecule has 0 atom stereocenters. The number of anilines is 2. The van der Waals surface area contributed by atoms with Crippen LogP contribution in [0.15, 0.2) is 59.4 Å². The lowest BCUT2D eigenvalue weighted by Crippen LogP contribution is -2.16. The standard InChI is InChI=1S/C14H11N3OS/c18-14-13(17-16-10-6-2-1-3-7-10)15-11-8-4-5-9-12(11)19-14/h1-9,16H,(H,15,17). The highest BCUT2D eigenvalue weighted by atomic mass is 32.1. The fourth-order valence-electron chi connectivity index (χ4n) is 1.68. The van der Waals surface area contributed by atoms with Crippen molar-refractivity contribution in [2.45, 2.75) is 0 Å². The van der Waals surface area contributed by atoms with Crippen LogP contribution >= 0.6 is 11.3 Å². The first-order valence-corrected chi connectivity index (χ1v) is 6.61. The molecule has 0 saturated carbocycles. The van der Waals surface area contributed by atoms with Gasteiger partial charge in [-0.1, -0.05) is 41.7 Å². The average molecular weight is 269 g/mol. The van der Waals surface area contributed by atoms with Gasteiger partial charge < -0.3 is 0 Å². The summed E-state index contributed by atoms with van der Waals surface area (Å²) in [6, 6.07) is 17.2. The molecule has 0 unspecified atom stereocenters. The number of rotatable bonds is 3. The average Bonchev–Trinajstić information content (AvgIpc) is 2.46. The van der Waals surface area contributed by atoms with Crippen molar-refractivity contribution in [1.82, 2.24) is 4.98 Å². The molecule has 94 valence electrons. The topological polar surface area (TPSA) is 54.0 Å². The molecule has 3 rings (SSSR count). The second-order valence-electron chi connectivity index (χ2n) is 3.93. The van der Waals surface area contributed by atoms with Gasteiger partial charge in [-0.15, -0.1) is 0 Å². The van der Waals surface area contributed by atoms with Gasteiger partial charge in [-0.2, -0.15) is 0 Å². The minimum absolute atomic E-state index is 0.0952. The van der Waals surface area contributed by atoms with E-state index in [9.17, 15) is 4.79 Å². The number of nitrogens with zero attached hydrogens (tertiary/aromatic N) is 1. The van der Waals surface area contributed by atoms with Gasteiger partial charge in [0.15, 0.2) is 0 Å². The van der Waals surface area contributed by atoms with E-state index in [1.54, 1.807) is 0 Å². The fourth-order valence-corrected chi connectivity index (χ4v) is 2.44. The smallest absolute Gasteiger partial charge is 0.277 e. The summed E-state index contributed by atoms with van der Waals surface area (Å²) in [5.74, 6) is 0.313. The summed E-state index contributed by atoms with van der Waals surface area (Å²) in [5, 5.41) is 0. The Hall–Kier alpha value is -2.40. The summed E-state index contributed by atoms with van der Waals surface area (Å²) in [7, 11) is 0. The molecule has 0 saturated heterocycles. The monoisotopic (exact) mass is 269 g/mol. The van der Waals surface area contributed by atoms with E-state index in [0.717, 1.165) is 15.9 Å². The number of fused-ring (bicyclic) bond motifs is 1. The van der Waals surface area contributed by atoms with Crippen LogP contribution in [0.1, 0.15) is 0 Å². The Labute approximate surface area is 113 Å². The van der Waals surface area contributed by atoms with Crippen molar-refractivity contribution in [2.75, 3.05) is 10.9 Å². The van der Waals surface area contributed by atoms with Gasteiger partial charge in [0.2, 0.25) is 5.82 Å². The SMILES string of the molecule is O=c1sc2ccccc2nc1NNc1ccccc1. The lowest BCUT2D eigenvalue weighted by atomic mass is 10.3. The quantitative estimate of drug-likeness (QED) is 0.717. The Morgan fingerprint density at radius 2 is 1.63 bits per heavy atom. The molecule has 19 heavy (non-hydrogen) atoms. The summed E-state index contributed by atoms with van der Waals surface area (Å²) in [6.07, 6.45) is 0. The Kier molecular flexibility index (Phi) is 3.12. The number of aromatic nitrogens is 1. The van der Waals surface area contributed by atoms with Crippen molar-refractivity contribution in [2.24, 2.45) is 0 Å². The van der Waals surface area contributed by atoms with E-state index in [-0.39, 0.29) is 4.74 Å². The fraction of sp³-hybridized carbons (Fsp3) is 0. The van der Waals surface area contributed by atoms with Gasteiger partial charge in [-0.25, -0.2) is 4.98 Å². The Morgan fingerprint density at radius 3 is 2.47 bits per heavy atom. The van der Waals surface area contributed by atoms with E-state index in [2.05, 4.69) is 15.8 Å². The van der Waals surface area contributed by atoms with Gasteiger partial charge in [0, 0.05) is 0 Å². The molecule has 0 aliphatic heterocycles. The van der Waals surface area contributed by atoms with E-state index in [0.29, 0.717) is 5.82 Å².